The minimum atomic E-state index is -3.80. The smallest absolute Gasteiger partial charge is 0.270 e. The van der Waals surface area contributed by atoms with E-state index >= 15 is 0 Å². The molecule has 0 aliphatic heterocycles. The largest absolute Gasteiger partial charge is 0.377 e. The maximum atomic E-state index is 12.3. The summed E-state index contributed by atoms with van der Waals surface area (Å²) in [6.07, 6.45) is 0.500. The Morgan fingerprint density at radius 3 is 2.56 bits per heavy atom. The first-order valence-corrected chi connectivity index (χ1v) is 9.25. The van der Waals surface area contributed by atoms with Gasteiger partial charge in [0, 0.05) is 25.3 Å². The Bertz CT molecular complexity index is 822. The van der Waals surface area contributed by atoms with Crippen LogP contribution in [0.25, 0.3) is 0 Å². The van der Waals surface area contributed by atoms with Gasteiger partial charge in [0.25, 0.3) is 5.69 Å². The van der Waals surface area contributed by atoms with E-state index in [1.54, 1.807) is 6.92 Å². The summed E-state index contributed by atoms with van der Waals surface area (Å²) < 4.78 is 32.6. The van der Waals surface area contributed by atoms with Crippen LogP contribution in [0.3, 0.4) is 0 Å². The van der Waals surface area contributed by atoms with Crippen LogP contribution in [0.5, 0.6) is 0 Å². The van der Waals surface area contributed by atoms with Gasteiger partial charge in [0.05, 0.1) is 16.4 Å². The molecule has 0 amide bonds. The molecule has 0 spiro atoms. The molecule has 0 unspecified atom stereocenters. The van der Waals surface area contributed by atoms with Crippen molar-refractivity contribution in [2.75, 3.05) is 13.2 Å². The lowest BCUT2D eigenvalue weighted by molar-refractivity contribution is -0.385. The summed E-state index contributed by atoms with van der Waals surface area (Å²) in [6.45, 7) is 2.67. The second-order valence-electron chi connectivity index (χ2n) is 5.50. The molecule has 2 rings (SSSR count). The number of aryl methyl sites for hydroxylation is 1. The highest BCUT2D eigenvalue weighted by atomic mass is 32.2. The first-order chi connectivity index (χ1) is 11.9. The number of hydrogen-bond donors (Lipinski definition) is 1. The maximum absolute atomic E-state index is 12.3. The van der Waals surface area contributed by atoms with Crippen molar-refractivity contribution in [1.82, 2.24) is 4.72 Å². The predicted octanol–water partition coefficient (Wildman–Crippen LogP) is 2.79. The maximum Gasteiger partial charge on any atom is 0.270 e. The Balaban J connectivity index is 1.83. The van der Waals surface area contributed by atoms with E-state index in [1.165, 1.54) is 12.1 Å². The van der Waals surface area contributed by atoms with E-state index in [-0.39, 0.29) is 17.1 Å². The minimum Gasteiger partial charge on any atom is -0.377 e. The number of non-ortho nitro benzene ring substituents is 1. The lowest BCUT2D eigenvalue weighted by Gasteiger charge is -2.09. The molecule has 0 heterocycles. The van der Waals surface area contributed by atoms with Gasteiger partial charge in [0.15, 0.2) is 0 Å². The second-order valence-corrected chi connectivity index (χ2v) is 7.23. The minimum absolute atomic E-state index is 0.0769. The van der Waals surface area contributed by atoms with Gasteiger partial charge in [0.2, 0.25) is 10.0 Å². The molecule has 0 atom stereocenters. The topological polar surface area (TPSA) is 98.5 Å². The molecule has 1 N–H and O–H groups in total. The monoisotopic (exact) mass is 364 g/mol. The molecule has 0 aliphatic carbocycles. The fraction of sp³-hybridized carbons (Fsp3) is 0.294. The summed E-state index contributed by atoms with van der Waals surface area (Å²) >= 11 is 0. The molecule has 0 saturated carbocycles. The van der Waals surface area contributed by atoms with Crippen LogP contribution in [-0.4, -0.2) is 26.5 Å². The first kappa shape index (κ1) is 19.0. The third-order valence-electron chi connectivity index (χ3n) is 3.54. The van der Waals surface area contributed by atoms with Gasteiger partial charge in [-0.3, -0.25) is 10.1 Å². The second kappa shape index (κ2) is 8.70. The summed E-state index contributed by atoms with van der Waals surface area (Å²) in [6, 6.07) is 13.5. The number of ether oxygens (including phenoxy) is 1. The number of nitrogens with zero attached hydrogens (tertiary/aromatic N) is 1. The van der Waals surface area contributed by atoms with Gasteiger partial charge in [-0.15, -0.1) is 0 Å². The highest BCUT2D eigenvalue weighted by Crippen LogP contribution is 2.21. The molecule has 0 aromatic heterocycles. The van der Waals surface area contributed by atoms with E-state index in [2.05, 4.69) is 4.72 Å². The molecule has 0 fully saturated rings. The molecule has 0 radical (unpaired) electrons. The van der Waals surface area contributed by atoms with Gasteiger partial charge in [-0.05, 0) is 24.5 Å². The molecule has 2 aromatic rings. The number of nitro groups is 1. The third-order valence-corrected chi connectivity index (χ3v) is 5.14. The van der Waals surface area contributed by atoms with E-state index in [4.69, 9.17) is 4.74 Å². The van der Waals surface area contributed by atoms with Crippen molar-refractivity contribution >= 4 is 15.7 Å². The van der Waals surface area contributed by atoms with Crippen LogP contribution >= 0.6 is 0 Å². The highest BCUT2D eigenvalue weighted by Gasteiger charge is 2.19. The van der Waals surface area contributed by atoms with Crippen molar-refractivity contribution in [3.63, 3.8) is 0 Å². The molecular formula is C17H20N2O5S. The summed E-state index contributed by atoms with van der Waals surface area (Å²) in [5.74, 6) is 0. The van der Waals surface area contributed by atoms with E-state index in [1.807, 2.05) is 30.3 Å². The summed E-state index contributed by atoms with van der Waals surface area (Å²) in [7, 11) is -3.80. The molecule has 2 aromatic carbocycles. The number of nitro benzene ring substituents is 1. The average Bonchev–Trinajstić information content (AvgIpc) is 2.59. The number of hydrogen-bond acceptors (Lipinski definition) is 5. The van der Waals surface area contributed by atoms with Crippen molar-refractivity contribution < 1.29 is 18.1 Å². The summed E-state index contributed by atoms with van der Waals surface area (Å²) in [4.78, 5) is 10.1. The van der Waals surface area contributed by atoms with Crippen molar-refractivity contribution in [2.45, 2.75) is 24.8 Å². The van der Waals surface area contributed by atoms with Gasteiger partial charge in [-0.1, -0.05) is 36.4 Å². The lowest BCUT2D eigenvalue weighted by atomic mass is 10.2. The number of sulfonamides is 1. The predicted molar refractivity (Wildman–Crippen MR) is 93.7 cm³/mol. The molecule has 134 valence electrons. The Kier molecular flexibility index (Phi) is 6.63. The third kappa shape index (κ3) is 5.63. The van der Waals surface area contributed by atoms with Gasteiger partial charge in [0.1, 0.15) is 0 Å². The molecule has 0 aliphatic rings. The fourth-order valence-corrected chi connectivity index (χ4v) is 3.55. The SMILES string of the molecule is Cc1ccc([N+](=O)[O-])cc1S(=O)(=O)NCCCOCc1ccccc1. The van der Waals surface area contributed by atoms with Gasteiger partial charge in [-0.25, -0.2) is 13.1 Å². The average molecular weight is 364 g/mol. The normalized spacial score (nSPS) is 11.4. The quantitative estimate of drug-likeness (QED) is 0.419. The fourth-order valence-electron chi connectivity index (χ4n) is 2.21. The standard InChI is InChI=1S/C17H20N2O5S/c1-14-8-9-16(19(20)21)12-17(14)25(22,23)18-10-5-11-24-13-15-6-3-2-4-7-15/h2-4,6-9,12,18H,5,10-11,13H2,1H3. The van der Waals surface area contributed by atoms with Crippen LogP contribution in [-0.2, 0) is 21.4 Å². The van der Waals surface area contributed by atoms with Crippen molar-refractivity contribution in [3.8, 4) is 0 Å². The van der Waals surface area contributed by atoms with E-state index in [0.717, 1.165) is 11.6 Å². The van der Waals surface area contributed by atoms with Crippen LogP contribution in [0.1, 0.15) is 17.5 Å². The molecule has 8 heteroatoms. The number of benzene rings is 2. The summed E-state index contributed by atoms with van der Waals surface area (Å²) in [5, 5.41) is 10.8. The zero-order valence-electron chi connectivity index (χ0n) is 13.8. The van der Waals surface area contributed by atoms with Crippen LogP contribution in [0, 0.1) is 17.0 Å². The van der Waals surface area contributed by atoms with Crippen molar-refractivity contribution in [2.24, 2.45) is 0 Å². The van der Waals surface area contributed by atoms with Crippen LogP contribution in [0.4, 0.5) is 5.69 Å². The number of rotatable bonds is 9. The van der Waals surface area contributed by atoms with Crippen molar-refractivity contribution in [1.29, 1.82) is 0 Å². The van der Waals surface area contributed by atoms with E-state index in [0.29, 0.717) is 25.2 Å². The molecule has 25 heavy (non-hydrogen) atoms. The Hall–Kier alpha value is -2.29. The van der Waals surface area contributed by atoms with E-state index in [9.17, 15) is 18.5 Å². The molecule has 0 bridgehead atoms. The molecule has 7 nitrogen and oxygen atoms in total. The Morgan fingerprint density at radius 1 is 1.16 bits per heavy atom. The summed E-state index contributed by atoms with van der Waals surface area (Å²) in [5.41, 5.74) is 1.26. The van der Waals surface area contributed by atoms with E-state index < -0.39 is 14.9 Å². The van der Waals surface area contributed by atoms with Gasteiger partial charge in [-0.2, -0.15) is 0 Å². The lowest BCUT2D eigenvalue weighted by Crippen LogP contribution is -2.26. The zero-order valence-corrected chi connectivity index (χ0v) is 14.7. The van der Waals surface area contributed by atoms with Crippen LogP contribution in [0.15, 0.2) is 53.4 Å². The van der Waals surface area contributed by atoms with Gasteiger partial charge < -0.3 is 4.74 Å². The molecular weight excluding hydrogens is 344 g/mol. The highest BCUT2D eigenvalue weighted by molar-refractivity contribution is 7.89. The van der Waals surface area contributed by atoms with Crippen LogP contribution in [0.2, 0.25) is 0 Å². The Morgan fingerprint density at radius 2 is 1.88 bits per heavy atom. The van der Waals surface area contributed by atoms with Crippen LogP contribution < -0.4 is 4.72 Å². The first-order valence-electron chi connectivity index (χ1n) is 7.76. The zero-order chi connectivity index (χ0) is 18.3. The number of nitrogens with one attached hydrogen (secondary N) is 1. The Labute approximate surface area is 146 Å². The van der Waals surface area contributed by atoms with Crippen molar-refractivity contribution in [3.05, 3.63) is 69.8 Å². The molecule has 0 saturated heterocycles. The van der Waals surface area contributed by atoms with Gasteiger partial charge >= 0.3 is 0 Å².